The summed E-state index contributed by atoms with van der Waals surface area (Å²) in [6.07, 6.45) is 9.03. The van der Waals surface area contributed by atoms with Gasteiger partial charge < -0.3 is 9.64 Å². The van der Waals surface area contributed by atoms with Gasteiger partial charge >= 0.3 is 0 Å². The Bertz CT molecular complexity index is 955. The number of rotatable bonds is 6. The van der Waals surface area contributed by atoms with E-state index in [0.29, 0.717) is 17.9 Å². The molecule has 2 aromatic carbocycles. The lowest BCUT2D eigenvalue weighted by molar-refractivity contribution is 0.0712. The predicted octanol–water partition coefficient (Wildman–Crippen LogP) is 6.78. The second-order valence-corrected chi connectivity index (χ2v) is 10.6. The number of carbonyl (C=O) groups is 1. The first-order chi connectivity index (χ1) is 15.4. The molecule has 1 heterocycles. The van der Waals surface area contributed by atoms with Gasteiger partial charge in [0.2, 0.25) is 0 Å². The van der Waals surface area contributed by atoms with Crippen LogP contribution in [0, 0.1) is 5.41 Å². The smallest absolute Gasteiger partial charge is 0.253 e. The van der Waals surface area contributed by atoms with E-state index < -0.39 is 0 Å². The van der Waals surface area contributed by atoms with Crippen LogP contribution in [-0.2, 0) is 6.42 Å². The second-order valence-electron chi connectivity index (χ2n) is 10.6. The molecule has 0 spiro atoms. The lowest BCUT2D eigenvalue weighted by Gasteiger charge is -2.32. The average molecular weight is 432 g/mol. The van der Waals surface area contributed by atoms with Crippen molar-refractivity contribution >= 4 is 5.91 Å². The summed E-state index contributed by atoms with van der Waals surface area (Å²) in [5, 5.41) is 0. The van der Waals surface area contributed by atoms with E-state index in [9.17, 15) is 4.79 Å². The molecule has 2 aliphatic rings. The molecule has 3 nitrogen and oxygen atoms in total. The molecule has 3 heteroatoms. The van der Waals surface area contributed by atoms with Crippen LogP contribution < -0.4 is 4.74 Å². The number of carbonyl (C=O) groups excluding carboxylic acids is 1. The van der Waals surface area contributed by atoms with Gasteiger partial charge in [0.25, 0.3) is 5.91 Å². The van der Waals surface area contributed by atoms with Crippen LogP contribution in [0.2, 0.25) is 0 Å². The van der Waals surface area contributed by atoms with Crippen molar-refractivity contribution in [3.63, 3.8) is 0 Å². The van der Waals surface area contributed by atoms with Gasteiger partial charge in [0.05, 0.1) is 0 Å². The number of likely N-dealkylation sites (tertiary alicyclic amines) is 1. The molecule has 1 saturated carbocycles. The van der Waals surface area contributed by atoms with Crippen LogP contribution >= 0.6 is 0 Å². The van der Waals surface area contributed by atoms with Gasteiger partial charge in [-0.05, 0) is 85.3 Å². The molecular weight excluding hydrogens is 394 g/mol. The molecule has 0 atom stereocenters. The Kier molecular flexibility index (Phi) is 7.03. The largest absolute Gasteiger partial charge is 0.490 e. The Balaban J connectivity index is 1.32. The fraction of sp³-hybridized carbons (Fsp3) is 0.483. The van der Waals surface area contributed by atoms with E-state index >= 15 is 0 Å². The summed E-state index contributed by atoms with van der Waals surface area (Å²) in [6, 6.07) is 16.7. The van der Waals surface area contributed by atoms with E-state index in [1.54, 1.807) is 0 Å². The van der Waals surface area contributed by atoms with Crippen LogP contribution in [0.4, 0.5) is 0 Å². The van der Waals surface area contributed by atoms with Gasteiger partial charge in [0, 0.05) is 18.7 Å². The van der Waals surface area contributed by atoms with Gasteiger partial charge in [-0.2, -0.15) is 0 Å². The molecule has 170 valence electrons. The topological polar surface area (TPSA) is 29.5 Å². The molecule has 1 amide bonds. The summed E-state index contributed by atoms with van der Waals surface area (Å²) in [5.41, 5.74) is 5.35. The fourth-order valence-corrected chi connectivity index (χ4v) is 4.73. The molecule has 4 rings (SSSR count). The van der Waals surface area contributed by atoms with Crippen LogP contribution in [0.25, 0.3) is 0 Å². The van der Waals surface area contributed by atoms with Crippen molar-refractivity contribution in [2.24, 2.45) is 5.41 Å². The Hall–Kier alpha value is -2.55. The quantitative estimate of drug-likeness (QED) is 0.472. The molecule has 1 saturated heterocycles. The van der Waals surface area contributed by atoms with Crippen molar-refractivity contribution in [1.82, 2.24) is 4.90 Å². The minimum absolute atomic E-state index is 0.118. The molecule has 0 aromatic heterocycles. The highest BCUT2D eigenvalue weighted by molar-refractivity contribution is 5.94. The minimum Gasteiger partial charge on any atom is -0.490 e. The van der Waals surface area contributed by atoms with E-state index in [2.05, 4.69) is 51.1 Å². The lowest BCUT2D eigenvalue weighted by Crippen LogP contribution is -2.37. The minimum atomic E-state index is 0.118. The number of piperidine rings is 1. The van der Waals surface area contributed by atoms with Gasteiger partial charge in [0.15, 0.2) is 0 Å². The molecule has 32 heavy (non-hydrogen) atoms. The Morgan fingerprint density at radius 2 is 1.81 bits per heavy atom. The van der Waals surface area contributed by atoms with Crippen molar-refractivity contribution in [2.45, 2.75) is 65.2 Å². The highest BCUT2D eigenvalue weighted by Gasteiger charge is 2.25. The zero-order valence-electron chi connectivity index (χ0n) is 19.9. The predicted molar refractivity (Wildman–Crippen MR) is 131 cm³/mol. The number of allylic oxidation sites excluding steroid dienone is 1. The third kappa shape index (κ3) is 6.03. The summed E-state index contributed by atoms with van der Waals surface area (Å²) < 4.78 is 5.86. The fourth-order valence-electron chi connectivity index (χ4n) is 4.73. The van der Waals surface area contributed by atoms with Crippen LogP contribution in [0.5, 0.6) is 5.75 Å². The summed E-state index contributed by atoms with van der Waals surface area (Å²) in [7, 11) is 0. The summed E-state index contributed by atoms with van der Waals surface area (Å²) >= 11 is 0. The van der Waals surface area contributed by atoms with Crippen LogP contribution in [0.3, 0.4) is 0 Å². The maximum absolute atomic E-state index is 13.1. The standard InChI is InChI=1S/C29H37NO2/c1-29(2,3)21-23-9-5-10-25(19-23)24-13-16-30(17-14-24)28(31)26-11-6-12-27(20-26)32-18-15-22-7-4-8-22/h5-6,9-12,15,19-20,24H,4,7-8,13-14,16-18,21H2,1-3H3. The monoisotopic (exact) mass is 431 g/mol. The van der Waals surface area contributed by atoms with E-state index in [-0.39, 0.29) is 5.91 Å². The third-order valence-corrected chi connectivity index (χ3v) is 6.64. The zero-order chi connectivity index (χ0) is 22.6. The van der Waals surface area contributed by atoms with E-state index in [1.165, 1.54) is 36.0 Å². The van der Waals surface area contributed by atoms with Crippen molar-refractivity contribution in [3.05, 3.63) is 76.9 Å². The highest BCUT2D eigenvalue weighted by Crippen LogP contribution is 2.31. The van der Waals surface area contributed by atoms with Crippen molar-refractivity contribution in [1.29, 1.82) is 0 Å². The summed E-state index contributed by atoms with van der Waals surface area (Å²) in [5.74, 6) is 1.43. The maximum Gasteiger partial charge on any atom is 0.253 e. The van der Waals surface area contributed by atoms with Crippen molar-refractivity contribution < 1.29 is 9.53 Å². The molecule has 0 radical (unpaired) electrons. The second kappa shape index (κ2) is 9.94. The van der Waals surface area contributed by atoms with Gasteiger partial charge in [-0.3, -0.25) is 4.79 Å². The van der Waals surface area contributed by atoms with Crippen LogP contribution in [-0.4, -0.2) is 30.5 Å². The third-order valence-electron chi connectivity index (χ3n) is 6.64. The number of hydrogen-bond acceptors (Lipinski definition) is 2. The summed E-state index contributed by atoms with van der Waals surface area (Å²) in [6.45, 7) is 9.07. The van der Waals surface area contributed by atoms with Gasteiger partial charge in [-0.15, -0.1) is 0 Å². The molecule has 0 bridgehead atoms. The van der Waals surface area contributed by atoms with Crippen LogP contribution in [0.1, 0.15) is 80.3 Å². The number of amides is 1. The number of hydrogen-bond donors (Lipinski definition) is 0. The lowest BCUT2D eigenvalue weighted by atomic mass is 9.84. The highest BCUT2D eigenvalue weighted by atomic mass is 16.5. The van der Waals surface area contributed by atoms with Crippen molar-refractivity contribution in [2.75, 3.05) is 19.7 Å². The molecule has 2 fully saturated rings. The Labute approximate surface area is 193 Å². The first-order valence-corrected chi connectivity index (χ1v) is 12.2. The van der Waals surface area contributed by atoms with Crippen molar-refractivity contribution in [3.8, 4) is 5.75 Å². The summed E-state index contributed by atoms with van der Waals surface area (Å²) in [4.78, 5) is 15.1. The molecule has 1 aliphatic carbocycles. The number of nitrogens with zero attached hydrogens (tertiary/aromatic N) is 1. The van der Waals surface area contributed by atoms with Gasteiger partial charge in [0.1, 0.15) is 12.4 Å². The molecule has 0 N–H and O–H groups in total. The van der Waals surface area contributed by atoms with E-state index in [0.717, 1.165) is 43.7 Å². The first kappa shape index (κ1) is 22.6. The van der Waals surface area contributed by atoms with Gasteiger partial charge in [-0.1, -0.05) is 56.7 Å². The Morgan fingerprint density at radius 1 is 1.06 bits per heavy atom. The molecule has 1 aliphatic heterocycles. The van der Waals surface area contributed by atoms with E-state index in [1.807, 2.05) is 29.2 Å². The normalized spacial score (nSPS) is 17.1. The van der Waals surface area contributed by atoms with E-state index in [4.69, 9.17) is 4.74 Å². The number of benzene rings is 2. The zero-order valence-corrected chi connectivity index (χ0v) is 19.9. The Morgan fingerprint density at radius 3 is 2.50 bits per heavy atom. The molecule has 2 aromatic rings. The average Bonchev–Trinajstić information content (AvgIpc) is 2.74. The number of ether oxygens (including phenoxy) is 1. The first-order valence-electron chi connectivity index (χ1n) is 12.2. The van der Waals surface area contributed by atoms with Gasteiger partial charge in [-0.25, -0.2) is 0 Å². The van der Waals surface area contributed by atoms with Crippen LogP contribution in [0.15, 0.2) is 60.2 Å². The SMILES string of the molecule is CC(C)(C)Cc1cccc(C2CCN(C(=O)c3cccc(OCC=C4CCC4)c3)CC2)c1. The molecule has 0 unspecified atom stereocenters. The molecular formula is C29H37NO2. The maximum atomic E-state index is 13.1.